The molecule has 2 aromatic rings. The zero-order chi connectivity index (χ0) is 10.8. The first-order valence-corrected chi connectivity index (χ1v) is 5.19. The summed E-state index contributed by atoms with van der Waals surface area (Å²) in [5.74, 6) is -0.599. The van der Waals surface area contributed by atoms with Crippen LogP contribution in [0.15, 0.2) is 35.7 Å². The molecule has 0 radical (unpaired) electrons. The molecule has 0 saturated carbocycles. The lowest BCUT2D eigenvalue weighted by Crippen LogP contribution is -2.03. The Balaban J connectivity index is 2.42. The van der Waals surface area contributed by atoms with Gasteiger partial charge >= 0.3 is 0 Å². The highest BCUT2D eigenvalue weighted by Gasteiger charge is 2.13. The molecule has 1 aromatic heterocycles. The summed E-state index contributed by atoms with van der Waals surface area (Å²) in [6, 6.07) is 7.30. The minimum Gasteiger partial charge on any atom is -0.398 e. The molecule has 1 heterocycles. The van der Waals surface area contributed by atoms with Crippen molar-refractivity contribution in [3.8, 4) is 0 Å². The third kappa shape index (κ3) is 1.89. The lowest BCUT2D eigenvalue weighted by molar-refractivity contribution is 0.104. The van der Waals surface area contributed by atoms with Crippen LogP contribution in [0, 0.1) is 5.82 Å². The van der Waals surface area contributed by atoms with Gasteiger partial charge in [-0.15, -0.1) is 11.3 Å². The van der Waals surface area contributed by atoms with Gasteiger partial charge < -0.3 is 5.73 Å². The van der Waals surface area contributed by atoms with Crippen molar-refractivity contribution in [2.75, 3.05) is 5.73 Å². The summed E-state index contributed by atoms with van der Waals surface area (Å²) in [6.45, 7) is 0. The van der Waals surface area contributed by atoms with E-state index in [-0.39, 0.29) is 11.5 Å². The summed E-state index contributed by atoms with van der Waals surface area (Å²) in [5.41, 5.74) is 6.09. The van der Waals surface area contributed by atoms with Crippen LogP contribution in [-0.2, 0) is 0 Å². The van der Waals surface area contributed by atoms with Crippen LogP contribution in [0.3, 0.4) is 0 Å². The van der Waals surface area contributed by atoms with E-state index in [1.807, 2.05) is 5.38 Å². The number of anilines is 1. The van der Waals surface area contributed by atoms with Crippen molar-refractivity contribution in [1.29, 1.82) is 0 Å². The van der Waals surface area contributed by atoms with E-state index in [0.29, 0.717) is 10.4 Å². The number of hydrogen-bond acceptors (Lipinski definition) is 3. The fourth-order valence-corrected chi connectivity index (χ4v) is 1.96. The Labute approximate surface area is 90.2 Å². The summed E-state index contributed by atoms with van der Waals surface area (Å²) in [6.07, 6.45) is 0. The third-order valence-electron chi connectivity index (χ3n) is 2.00. The van der Waals surface area contributed by atoms with Crippen molar-refractivity contribution in [2.24, 2.45) is 0 Å². The van der Waals surface area contributed by atoms with E-state index in [0.717, 1.165) is 6.07 Å². The highest BCUT2D eigenvalue weighted by atomic mass is 32.1. The van der Waals surface area contributed by atoms with Crippen LogP contribution >= 0.6 is 11.3 Å². The first kappa shape index (κ1) is 9.86. The monoisotopic (exact) mass is 221 g/mol. The average Bonchev–Trinajstić information content (AvgIpc) is 2.69. The molecule has 2 N–H and O–H groups in total. The molecule has 0 bridgehead atoms. The minimum atomic E-state index is -0.435. The van der Waals surface area contributed by atoms with Gasteiger partial charge in [-0.3, -0.25) is 4.79 Å². The van der Waals surface area contributed by atoms with Gasteiger partial charge in [0.25, 0.3) is 0 Å². The lowest BCUT2D eigenvalue weighted by atomic mass is 10.1. The van der Waals surface area contributed by atoms with E-state index >= 15 is 0 Å². The second-order valence-electron chi connectivity index (χ2n) is 3.04. The number of nitrogens with two attached hydrogens (primary N) is 1. The Kier molecular flexibility index (Phi) is 2.51. The van der Waals surface area contributed by atoms with Crippen molar-refractivity contribution >= 4 is 22.8 Å². The second kappa shape index (κ2) is 3.82. The lowest BCUT2D eigenvalue weighted by Gasteiger charge is -2.02. The van der Waals surface area contributed by atoms with Gasteiger partial charge in [0.2, 0.25) is 5.78 Å². The van der Waals surface area contributed by atoms with Crippen LogP contribution in [0.2, 0.25) is 0 Å². The molecule has 0 amide bonds. The third-order valence-corrected chi connectivity index (χ3v) is 2.87. The first-order chi connectivity index (χ1) is 7.18. The maximum atomic E-state index is 12.8. The summed E-state index contributed by atoms with van der Waals surface area (Å²) in [5, 5.41) is 1.81. The predicted molar refractivity (Wildman–Crippen MR) is 58.6 cm³/mol. The van der Waals surface area contributed by atoms with E-state index in [4.69, 9.17) is 5.73 Å². The summed E-state index contributed by atoms with van der Waals surface area (Å²) >= 11 is 1.34. The van der Waals surface area contributed by atoms with Gasteiger partial charge in [0.05, 0.1) is 4.88 Å². The van der Waals surface area contributed by atoms with Gasteiger partial charge in [0.15, 0.2) is 0 Å². The van der Waals surface area contributed by atoms with Crippen molar-refractivity contribution in [3.05, 3.63) is 52.0 Å². The van der Waals surface area contributed by atoms with E-state index in [1.54, 1.807) is 12.1 Å². The van der Waals surface area contributed by atoms with Gasteiger partial charge in [-0.2, -0.15) is 0 Å². The minimum absolute atomic E-state index is 0.164. The molecule has 0 aliphatic heterocycles. The molecule has 4 heteroatoms. The summed E-state index contributed by atoms with van der Waals surface area (Å²) < 4.78 is 12.8. The highest BCUT2D eigenvalue weighted by molar-refractivity contribution is 7.12. The molecule has 15 heavy (non-hydrogen) atoms. The SMILES string of the molecule is Nc1cc(F)ccc1C(=O)c1cccs1. The molecule has 0 aliphatic carbocycles. The van der Waals surface area contributed by atoms with Gasteiger partial charge in [0.1, 0.15) is 5.82 Å². The van der Waals surface area contributed by atoms with Crippen LogP contribution in [0.4, 0.5) is 10.1 Å². The highest BCUT2D eigenvalue weighted by Crippen LogP contribution is 2.20. The Morgan fingerprint density at radius 3 is 2.73 bits per heavy atom. The number of thiophene rings is 1. The van der Waals surface area contributed by atoms with E-state index in [1.165, 1.54) is 23.5 Å². The van der Waals surface area contributed by atoms with Crippen molar-refractivity contribution < 1.29 is 9.18 Å². The largest absolute Gasteiger partial charge is 0.398 e. The summed E-state index contributed by atoms with van der Waals surface area (Å²) in [4.78, 5) is 12.5. The Morgan fingerprint density at radius 2 is 2.13 bits per heavy atom. The van der Waals surface area contributed by atoms with Crippen molar-refractivity contribution in [3.63, 3.8) is 0 Å². The molecule has 0 unspecified atom stereocenters. The number of benzene rings is 1. The molecule has 0 aliphatic rings. The fourth-order valence-electron chi connectivity index (χ4n) is 1.28. The van der Waals surface area contributed by atoms with Gasteiger partial charge in [0, 0.05) is 11.3 Å². The average molecular weight is 221 g/mol. The quantitative estimate of drug-likeness (QED) is 0.626. The van der Waals surface area contributed by atoms with Crippen LogP contribution in [0.5, 0.6) is 0 Å². The number of carbonyl (C=O) groups excluding carboxylic acids is 1. The zero-order valence-electron chi connectivity index (χ0n) is 7.74. The first-order valence-electron chi connectivity index (χ1n) is 4.31. The standard InChI is InChI=1S/C11H8FNOS/c12-7-3-4-8(9(13)6-7)11(14)10-2-1-5-15-10/h1-6H,13H2. The molecular weight excluding hydrogens is 213 g/mol. The van der Waals surface area contributed by atoms with Crippen molar-refractivity contribution in [1.82, 2.24) is 0 Å². The Bertz CT molecular complexity index is 493. The van der Waals surface area contributed by atoms with Crippen LogP contribution in [-0.4, -0.2) is 5.78 Å². The Hall–Kier alpha value is -1.68. The van der Waals surface area contributed by atoms with Crippen molar-refractivity contribution in [2.45, 2.75) is 0 Å². The van der Waals surface area contributed by atoms with Crippen LogP contribution < -0.4 is 5.73 Å². The topological polar surface area (TPSA) is 43.1 Å². The predicted octanol–water partition coefficient (Wildman–Crippen LogP) is 2.70. The molecule has 2 nitrogen and oxygen atoms in total. The summed E-state index contributed by atoms with van der Waals surface area (Å²) in [7, 11) is 0. The molecule has 0 atom stereocenters. The van der Waals surface area contributed by atoms with E-state index in [2.05, 4.69) is 0 Å². The maximum Gasteiger partial charge on any atom is 0.205 e. The molecule has 1 aromatic carbocycles. The Morgan fingerprint density at radius 1 is 1.33 bits per heavy atom. The maximum absolute atomic E-state index is 12.8. The van der Waals surface area contributed by atoms with Crippen LogP contribution in [0.25, 0.3) is 0 Å². The van der Waals surface area contributed by atoms with Gasteiger partial charge in [-0.25, -0.2) is 4.39 Å². The van der Waals surface area contributed by atoms with Gasteiger partial charge in [-0.05, 0) is 29.6 Å². The normalized spacial score (nSPS) is 10.2. The smallest absolute Gasteiger partial charge is 0.205 e. The molecular formula is C11H8FNOS. The zero-order valence-corrected chi connectivity index (χ0v) is 8.55. The molecule has 0 fully saturated rings. The number of nitrogen functional groups attached to an aromatic ring is 1. The molecule has 0 spiro atoms. The van der Waals surface area contributed by atoms with Gasteiger partial charge in [-0.1, -0.05) is 6.07 Å². The number of rotatable bonds is 2. The van der Waals surface area contributed by atoms with E-state index in [9.17, 15) is 9.18 Å². The van der Waals surface area contributed by atoms with E-state index < -0.39 is 5.82 Å². The fraction of sp³-hybridized carbons (Fsp3) is 0. The molecule has 0 saturated heterocycles. The molecule has 76 valence electrons. The number of carbonyl (C=O) groups is 1. The second-order valence-corrected chi connectivity index (χ2v) is 3.99. The number of halogens is 1. The number of ketones is 1. The molecule has 2 rings (SSSR count). The van der Waals surface area contributed by atoms with Crippen LogP contribution in [0.1, 0.15) is 15.2 Å². The number of hydrogen-bond donors (Lipinski definition) is 1.